The van der Waals surface area contributed by atoms with Gasteiger partial charge in [0.15, 0.2) is 0 Å². The van der Waals surface area contributed by atoms with E-state index in [9.17, 15) is 65.9 Å². The molecule has 0 radical (unpaired) electrons. The van der Waals surface area contributed by atoms with Gasteiger partial charge in [-0.2, -0.15) is 65.9 Å². The number of rotatable bonds is 6. The second-order valence-corrected chi connectivity index (χ2v) is 4.21. The Morgan fingerprint density at radius 3 is 1.12 bits per heavy atom. The van der Waals surface area contributed by atoms with E-state index in [2.05, 4.69) is 0 Å². The molecule has 0 aliphatic carbocycles. The molecule has 0 aliphatic heterocycles. The van der Waals surface area contributed by atoms with Gasteiger partial charge in [-0.1, -0.05) is 0 Å². The van der Waals surface area contributed by atoms with E-state index >= 15 is 0 Å². The maximum Gasteiger partial charge on any atom is 0.483 e. The lowest BCUT2D eigenvalue weighted by Crippen LogP contribution is -2.66. The first kappa shape index (κ1) is 24.8. The van der Waals surface area contributed by atoms with Gasteiger partial charge in [-0.05, 0) is 0 Å². The second-order valence-electron chi connectivity index (χ2n) is 4.21. The molecule has 2 unspecified atom stereocenters. The van der Waals surface area contributed by atoms with Crippen molar-refractivity contribution in [2.75, 3.05) is 6.61 Å². The van der Waals surface area contributed by atoms with E-state index in [1.165, 1.54) is 4.74 Å². The first-order chi connectivity index (χ1) is 11.0. The molecule has 0 aromatic heterocycles. The van der Waals surface area contributed by atoms with Crippen LogP contribution < -0.4 is 0 Å². The molecule has 0 heterocycles. The fourth-order valence-corrected chi connectivity index (χ4v) is 0.965. The van der Waals surface area contributed by atoms with Crippen molar-refractivity contribution in [2.24, 2.45) is 0 Å². The molecule has 0 fully saturated rings. The highest BCUT2D eigenvalue weighted by Gasteiger charge is 2.82. The number of aliphatic hydroxyl groups excluding tert-OH is 1. The smallest absolute Gasteiger partial charge is 0.390 e. The Hall–Kier alpha value is -1.17. The van der Waals surface area contributed by atoms with Crippen LogP contribution in [0.1, 0.15) is 0 Å². The summed E-state index contributed by atoms with van der Waals surface area (Å²) in [6.07, 6.45) is -36.5. The van der Waals surface area contributed by atoms with Crippen LogP contribution in [0.5, 0.6) is 0 Å². The van der Waals surface area contributed by atoms with Gasteiger partial charge in [-0.15, -0.1) is 0 Å². The summed E-state index contributed by atoms with van der Waals surface area (Å²) in [5, 5.41) is 7.99. The summed E-state index contributed by atoms with van der Waals surface area (Å²) < 4.78 is 189. The molecular formula is C8H3F15O3. The maximum atomic E-state index is 13.3. The Morgan fingerprint density at radius 2 is 0.885 bits per heavy atom. The lowest BCUT2D eigenvalue weighted by molar-refractivity contribution is -0.550. The van der Waals surface area contributed by atoms with Crippen molar-refractivity contribution in [1.82, 2.24) is 0 Å². The van der Waals surface area contributed by atoms with Crippen LogP contribution in [0.25, 0.3) is 0 Å². The molecule has 2 atom stereocenters. The summed E-state index contributed by atoms with van der Waals surface area (Å²) in [6, 6.07) is 0. The Kier molecular flexibility index (Phi) is 6.17. The molecule has 0 saturated heterocycles. The van der Waals surface area contributed by atoms with E-state index < -0.39 is 49.1 Å². The monoisotopic (exact) mass is 432 g/mol. The topological polar surface area (TPSA) is 38.7 Å². The standard InChI is InChI=1S/C8H3F15O3/c9-2(1-24,4(11,12)13)25-7(20,21)3(10,5(14,15)16)26-8(22,23)6(17,18)19/h24H,1H2. The average Bonchev–Trinajstić information content (AvgIpc) is 2.33. The summed E-state index contributed by atoms with van der Waals surface area (Å²) >= 11 is 0. The van der Waals surface area contributed by atoms with Gasteiger partial charge in [0, 0.05) is 0 Å². The second kappa shape index (κ2) is 6.47. The third kappa shape index (κ3) is 4.38. The molecular weight excluding hydrogens is 429 g/mol. The summed E-state index contributed by atoms with van der Waals surface area (Å²) in [5.74, 6) is -13.8. The zero-order valence-corrected chi connectivity index (χ0v) is 11.1. The highest BCUT2D eigenvalue weighted by Crippen LogP contribution is 2.54. The van der Waals surface area contributed by atoms with E-state index in [1.54, 1.807) is 4.74 Å². The number of aliphatic hydroxyl groups is 1. The van der Waals surface area contributed by atoms with Crippen molar-refractivity contribution >= 4 is 0 Å². The highest BCUT2D eigenvalue weighted by molar-refractivity contribution is 4.92. The number of ether oxygens (including phenoxy) is 2. The van der Waals surface area contributed by atoms with Gasteiger partial charge in [-0.3, -0.25) is 9.47 Å². The maximum absolute atomic E-state index is 13.3. The largest absolute Gasteiger partial charge is 0.483 e. The van der Waals surface area contributed by atoms with E-state index in [4.69, 9.17) is 5.11 Å². The molecule has 0 saturated carbocycles. The lowest BCUT2D eigenvalue weighted by atomic mass is 10.2. The van der Waals surface area contributed by atoms with Crippen LogP contribution in [0.3, 0.4) is 0 Å². The number of hydrogen-bond acceptors (Lipinski definition) is 3. The van der Waals surface area contributed by atoms with Crippen LogP contribution in [-0.4, -0.2) is 54.2 Å². The van der Waals surface area contributed by atoms with Crippen molar-refractivity contribution in [3.8, 4) is 0 Å². The Labute approximate surface area is 131 Å². The predicted octanol–water partition coefficient (Wildman–Crippen LogP) is 4.22. The van der Waals surface area contributed by atoms with Gasteiger partial charge in [-0.25, -0.2) is 0 Å². The zero-order chi connectivity index (χ0) is 21.6. The molecule has 0 aromatic carbocycles. The van der Waals surface area contributed by atoms with Gasteiger partial charge >= 0.3 is 42.5 Å². The molecule has 0 spiro atoms. The van der Waals surface area contributed by atoms with Crippen LogP contribution >= 0.6 is 0 Å². The van der Waals surface area contributed by atoms with Crippen LogP contribution in [0.15, 0.2) is 0 Å². The van der Waals surface area contributed by atoms with Crippen LogP contribution in [0, 0.1) is 0 Å². The van der Waals surface area contributed by atoms with Crippen molar-refractivity contribution in [3.05, 3.63) is 0 Å². The number of halogens is 15. The third-order valence-electron chi connectivity index (χ3n) is 2.25. The SMILES string of the molecule is OCC(F)(OC(F)(F)C(F)(OC(F)(F)C(F)(F)F)C(F)(F)F)C(F)(F)F. The number of alkyl halides is 15. The Bertz CT molecular complexity index is 493. The minimum atomic E-state index is -7.63. The summed E-state index contributed by atoms with van der Waals surface area (Å²) in [6.45, 7) is -3.25. The number of hydrogen-bond donors (Lipinski definition) is 1. The molecule has 0 rings (SSSR count). The Balaban J connectivity index is 6.25. The van der Waals surface area contributed by atoms with Gasteiger partial charge < -0.3 is 5.11 Å². The molecule has 0 amide bonds. The van der Waals surface area contributed by atoms with Gasteiger partial charge in [0.1, 0.15) is 6.61 Å². The van der Waals surface area contributed by atoms with E-state index in [1.807, 2.05) is 0 Å². The lowest BCUT2D eigenvalue weighted by Gasteiger charge is -2.39. The van der Waals surface area contributed by atoms with Crippen molar-refractivity contribution in [1.29, 1.82) is 0 Å². The van der Waals surface area contributed by atoms with Crippen molar-refractivity contribution in [2.45, 2.75) is 42.5 Å². The summed E-state index contributed by atoms with van der Waals surface area (Å²) in [5.41, 5.74) is 0. The molecule has 0 bridgehead atoms. The fraction of sp³-hybridized carbons (Fsp3) is 1.00. The molecule has 26 heavy (non-hydrogen) atoms. The predicted molar refractivity (Wildman–Crippen MR) is 45.0 cm³/mol. The normalized spacial score (nSPS) is 19.8. The van der Waals surface area contributed by atoms with Crippen molar-refractivity contribution in [3.63, 3.8) is 0 Å². The fourth-order valence-electron chi connectivity index (χ4n) is 0.965. The molecule has 0 aliphatic rings. The molecule has 18 heteroatoms. The van der Waals surface area contributed by atoms with Crippen molar-refractivity contribution < 1.29 is 80.4 Å². The van der Waals surface area contributed by atoms with Gasteiger partial charge in [0.2, 0.25) is 0 Å². The van der Waals surface area contributed by atoms with Crippen LogP contribution in [0.2, 0.25) is 0 Å². The molecule has 1 N–H and O–H groups in total. The molecule has 158 valence electrons. The third-order valence-corrected chi connectivity index (χ3v) is 2.25. The molecule has 3 nitrogen and oxygen atoms in total. The van der Waals surface area contributed by atoms with E-state index in [0.717, 1.165) is 0 Å². The van der Waals surface area contributed by atoms with Gasteiger partial charge in [0.05, 0.1) is 0 Å². The minimum Gasteiger partial charge on any atom is -0.390 e. The highest BCUT2D eigenvalue weighted by atomic mass is 19.4. The Morgan fingerprint density at radius 1 is 0.500 bits per heavy atom. The first-order valence-corrected chi connectivity index (χ1v) is 5.32. The van der Waals surface area contributed by atoms with Crippen LogP contribution in [0.4, 0.5) is 65.9 Å². The minimum absolute atomic E-state index is 1.38. The van der Waals surface area contributed by atoms with E-state index in [-0.39, 0.29) is 0 Å². The zero-order valence-electron chi connectivity index (χ0n) is 11.1. The van der Waals surface area contributed by atoms with Gasteiger partial charge in [0.25, 0.3) is 0 Å². The quantitative estimate of drug-likeness (QED) is 0.640. The van der Waals surface area contributed by atoms with E-state index in [0.29, 0.717) is 0 Å². The summed E-state index contributed by atoms with van der Waals surface area (Å²) in [7, 11) is 0. The summed E-state index contributed by atoms with van der Waals surface area (Å²) in [4.78, 5) is 0. The average molecular weight is 432 g/mol. The first-order valence-electron chi connectivity index (χ1n) is 5.32. The van der Waals surface area contributed by atoms with Crippen LogP contribution in [-0.2, 0) is 9.47 Å². The molecule has 0 aromatic rings.